The highest BCUT2D eigenvalue weighted by molar-refractivity contribution is 5.95. The van der Waals surface area contributed by atoms with Crippen LogP contribution in [0.5, 0.6) is 17.2 Å². The van der Waals surface area contributed by atoms with Crippen molar-refractivity contribution in [2.24, 2.45) is 0 Å². The normalized spacial score (nSPS) is 14.7. The molecule has 0 aliphatic carbocycles. The van der Waals surface area contributed by atoms with E-state index in [4.69, 9.17) is 14.3 Å². The van der Waals surface area contributed by atoms with E-state index in [9.17, 15) is 9.90 Å². The van der Waals surface area contributed by atoms with Crippen molar-refractivity contribution in [2.75, 3.05) is 27.4 Å². The zero-order valence-corrected chi connectivity index (χ0v) is 10.3. The predicted molar refractivity (Wildman–Crippen MR) is 62.8 cm³/mol. The van der Waals surface area contributed by atoms with Gasteiger partial charge in [-0.05, 0) is 18.6 Å². The summed E-state index contributed by atoms with van der Waals surface area (Å²) >= 11 is 0. The highest BCUT2D eigenvalue weighted by Gasteiger charge is 2.23. The van der Waals surface area contributed by atoms with Gasteiger partial charge in [-0.2, -0.15) is 0 Å². The fourth-order valence-corrected chi connectivity index (χ4v) is 1.77. The molecule has 6 heteroatoms. The average Bonchev–Trinajstić information content (AvgIpc) is 2.92. The van der Waals surface area contributed by atoms with Crippen LogP contribution >= 0.6 is 0 Å². The van der Waals surface area contributed by atoms with Crippen LogP contribution in [0.2, 0.25) is 0 Å². The molecule has 1 N–H and O–H groups in total. The number of benzene rings is 1. The lowest BCUT2D eigenvalue weighted by atomic mass is 10.1. The standard InChI is InChI=1S/C12H15NO5/c1-16-9-6-8(7-10(17-2)11(9)14)12(15)13-4-3-5-18-13/h6-7,14H,3-5H2,1-2H3. The Bertz CT molecular complexity index is 429. The first-order valence-electron chi connectivity index (χ1n) is 5.57. The monoisotopic (exact) mass is 253 g/mol. The third-order valence-corrected chi connectivity index (χ3v) is 2.71. The summed E-state index contributed by atoms with van der Waals surface area (Å²) in [5.41, 5.74) is 0.350. The molecule has 2 rings (SSSR count). The Morgan fingerprint density at radius 3 is 2.39 bits per heavy atom. The van der Waals surface area contributed by atoms with E-state index in [1.165, 1.54) is 31.4 Å². The van der Waals surface area contributed by atoms with E-state index >= 15 is 0 Å². The van der Waals surface area contributed by atoms with Crippen molar-refractivity contribution in [3.05, 3.63) is 17.7 Å². The third-order valence-electron chi connectivity index (χ3n) is 2.71. The first-order valence-corrected chi connectivity index (χ1v) is 5.57. The van der Waals surface area contributed by atoms with Crippen molar-refractivity contribution in [1.82, 2.24) is 5.06 Å². The smallest absolute Gasteiger partial charge is 0.277 e. The van der Waals surface area contributed by atoms with E-state index in [1.807, 2.05) is 0 Å². The number of carbonyl (C=O) groups is 1. The van der Waals surface area contributed by atoms with E-state index in [-0.39, 0.29) is 23.2 Å². The lowest BCUT2D eigenvalue weighted by Crippen LogP contribution is -2.26. The first-order chi connectivity index (χ1) is 8.67. The zero-order chi connectivity index (χ0) is 13.1. The van der Waals surface area contributed by atoms with Crippen LogP contribution in [0.1, 0.15) is 16.8 Å². The number of carbonyl (C=O) groups excluding carboxylic acids is 1. The molecule has 1 heterocycles. The Morgan fingerprint density at radius 1 is 1.33 bits per heavy atom. The summed E-state index contributed by atoms with van der Waals surface area (Å²) < 4.78 is 10.00. The van der Waals surface area contributed by atoms with Gasteiger partial charge in [0.05, 0.1) is 27.4 Å². The van der Waals surface area contributed by atoms with Crippen LogP contribution in [0.15, 0.2) is 12.1 Å². The summed E-state index contributed by atoms with van der Waals surface area (Å²) in [4.78, 5) is 17.3. The number of hydrogen-bond acceptors (Lipinski definition) is 5. The SMILES string of the molecule is COc1cc(C(=O)N2CCCO2)cc(OC)c1O. The molecule has 1 fully saturated rings. The molecule has 0 spiro atoms. The number of phenolic OH excluding ortho intramolecular Hbond substituents is 1. The third kappa shape index (κ3) is 2.19. The Morgan fingerprint density at radius 2 is 1.94 bits per heavy atom. The van der Waals surface area contributed by atoms with Crippen LogP contribution in [-0.4, -0.2) is 43.4 Å². The minimum atomic E-state index is -0.274. The molecule has 0 unspecified atom stereocenters. The largest absolute Gasteiger partial charge is 0.502 e. The summed E-state index contributed by atoms with van der Waals surface area (Å²) in [5.74, 6) is -0.0169. The van der Waals surface area contributed by atoms with Gasteiger partial charge >= 0.3 is 0 Å². The number of nitrogens with zero attached hydrogens (tertiary/aromatic N) is 1. The van der Waals surface area contributed by atoms with Crippen molar-refractivity contribution in [1.29, 1.82) is 0 Å². The molecular formula is C12H15NO5. The maximum absolute atomic E-state index is 12.1. The molecule has 6 nitrogen and oxygen atoms in total. The second-order valence-electron chi connectivity index (χ2n) is 3.82. The predicted octanol–water partition coefficient (Wildman–Crippen LogP) is 1.19. The number of phenols is 1. The van der Waals surface area contributed by atoms with Gasteiger partial charge in [-0.3, -0.25) is 9.63 Å². The Balaban J connectivity index is 2.35. The van der Waals surface area contributed by atoms with Gasteiger partial charge in [0.15, 0.2) is 11.5 Å². The van der Waals surface area contributed by atoms with Crippen LogP contribution in [0.25, 0.3) is 0 Å². The number of hydrogen-bond donors (Lipinski definition) is 1. The van der Waals surface area contributed by atoms with Crippen LogP contribution in [0, 0.1) is 0 Å². The number of hydroxylamine groups is 2. The summed E-state index contributed by atoms with van der Waals surface area (Å²) in [7, 11) is 2.82. The van der Waals surface area contributed by atoms with E-state index in [0.29, 0.717) is 18.7 Å². The highest BCUT2D eigenvalue weighted by Crippen LogP contribution is 2.37. The molecule has 0 bridgehead atoms. The molecule has 98 valence electrons. The molecule has 0 radical (unpaired) electrons. The summed E-state index contributed by atoms with van der Waals surface area (Å²) in [6, 6.07) is 2.92. The minimum Gasteiger partial charge on any atom is -0.502 e. The second-order valence-corrected chi connectivity index (χ2v) is 3.82. The number of ether oxygens (including phenoxy) is 2. The molecule has 1 aromatic rings. The Kier molecular flexibility index (Phi) is 3.57. The molecule has 18 heavy (non-hydrogen) atoms. The molecule has 0 saturated carbocycles. The maximum atomic E-state index is 12.1. The van der Waals surface area contributed by atoms with Crippen LogP contribution < -0.4 is 9.47 Å². The molecule has 1 aromatic carbocycles. The van der Waals surface area contributed by atoms with Crippen molar-refractivity contribution >= 4 is 5.91 Å². The topological polar surface area (TPSA) is 68.2 Å². The van der Waals surface area contributed by atoms with Gasteiger partial charge in [0.1, 0.15) is 0 Å². The summed E-state index contributed by atoms with van der Waals surface area (Å²) in [6.07, 6.45) is 0.818. The highest BCUT2D eigenvalue weighted by atomic mass is 16.7. The van der Waals surface area contributed by atoms with Gasteiger partial charge in [-0.25, -0.2) is 5.06 Å². The zero-order valence-electron chi connectivity index (χ0n) is 10.3. The molecule has 0 atom stereocenters. The quantitative estimate of drug-likeness (QED) is 0.876. The molecular weight excluding hydrogens is 238 g/mol. The van der Waals surface area contributed by atoms with E-state index in [2.05, 4.69) is 0 Å². The van der Waals surface area contributed by atoms with Crippen molar-refractivity contribution < 1.29 is 24.2 Å². The molecule has 1 aliphatic rings. The first kappa shape index (κ1) is 12.5. The molecule has 0 aromatic heterocycles. The van der Waals surface area contributed by atoms with Gasteiger partial charge in [0.25, 0.3) is 5.91 Å². The fraction of sp³-hybridized carbons (Fsp3) is 0.417. The lowest BCUT2D eigenvalue weighted by Gasteiger charge is -2.16. The number of amides is 1. The Hall–Kier alpha value is -1.95. The summed E-state index contributed by atoms with van der Waals surface area (Å²) in [5, 5.41) is 11.1. The van der Waals surface area contributed by atoms with E-state index in [1.54, 1.807) is 0 Å². The summed E-state index contributed by atoms with van der Waals surface area (Å²) in [6.45, 7) is 1.10. The van der Waals surface area contributed by atoms with Gasteiger partial charge in [0, 0.05) is 5.56 Å². The lowest BCUT2D eigenvalue weighted by molar-refractivity contribution is -0.0768. The van der Waals surface area contributed by atoms with Gasteiger partial charge in [0.2, 0.25) is 5.75 Å². The van der Waals surface area contributed by atoms with Crippen molar-refractivity contribution in [3.8, 4) is 17.2 Å². The van der Waals surface area contributed by atoms with E-state index < -0.39 is 0 Å². The average molecular weight is 253 g/mol. The van der Waals surface area contributed by atoms with E-state index in [0.717, 1.165) is 6.42 Å². The second kappa shape index (κ2) is 5.14. The minimum absolute atomic E-state index is 0.126. The van der Waals surface area contributed by atoms with Crippen LogP contribution in [0.3, 0.4) is 0 Å². The maximum Gasteiger partial charge on any atom is 0.277 e. The van der Waals surface area contributed by atoms with Gasteiger partial charge in [-0.15, -0.1) is 0 Å². The number of aromatic hydroxyl groups is 1. The fourth-order valence-electron chi connectivity index (χ4n) is 1.77. The van der Waals surface area contributed by atoms with Gasteiger partial charge < -0.3 is 14.6 Å². The molecule has 1 saturated heterocycles. The number of rotatable bonds is 3. The van der Waals surface area contributed by atoms with Crippen molar-refractivity contribution in [3.63, 3.8) is 0 Å². The van der Waals surface area contributed by atoms with Crippen molar-refractivity contribution in [2.45, 2.75) is 6.42 Å². The van der Waals surface area contributed by atoms with Crippen LogP contribution in [-0.2, 0) is 4.84 Å². The number of methoxy groups -OCH3 is 2. The van der Waals surface area contributed by atoms with Gasteiger partial charge in [-0.1, -0.05) is 0 Å². The Labute approximate surface area is 105 Å². The molecule has 1 amide bonds. The molecule has 1 aliphatic heterocycles. The van der Waals surface area contributed by atoms with Crippen LogP contribution in [0.4, 0.5) is 0 Å².